The van der Waals surface area contributed by atoms with E-state index >= 15 is 0 Å². The molecule has 102 valence electrons. The molecule has 1 aromatic rings. The van der Waals surface area contributed by atoms with E-state index in [0.717, 1.165) is 16.7 Å². The Morgan fingerprint density at radius 1 is 1.37 bits per heavy atom. The smallest absolute Gasteiger partial charge is 0.343 e. The number of nitrogens with one attached hydrogen (secondary N) is 1. The number of carboxylic acids is 1. The summed E-state index contributed by atoms with van der Waals surface area (Å²) in [6, 6.07) is 6.82. The van der Waals surface area contributed by atoms with Gasteiger partial charge in [0.25, 0.3) is 5.91 Å². The van der Waals surface area contributed by atoms with Gasteiger partial charge in [0.1, 0.15) is 0 Å². The summed E-state index contributed by atoms with van der Waals surface area (Å²) in [6.07, 6.45) is 0. The summed E-state index contributed by atoms with van der Waals surface area (Å²) in [5.74, 6) is -1.28. The fraction of sp³-hybridized carbons (Fsp3) is 0.231. The zero-order valence-corrected chi connectivity index (χ0v) is 11.5. The topological polar surface area (TPSA) is 75.6 Å². The Bertz CT molecular complexity index is 484. The second-order valence-electron chi connectivity index (χ2n) is 3.78. The van der Waals surface area contributed by atoms with Gasteiger partial charge in [0.05, 0.1) is 0 Å². The maximum atomic E-state index is 11.4. The molecule has 6 heteroatoms. The number of methoxy groups -OCH3 is 1. The lowest BCUT2D eigenvalue weighted by molar-refractivity contribution is -0.143. The molecule has 0 radical (unpaired) electrons. The Morgan fingerprint density at radius 3 is 2.37 bits per heavy atom. The third-order valence-corrected chi connectivity index (χ3v) is 3.31. The largest absolute Gasteiger partial charge is 0.479 e. The Hall–Kier alpha value is -1.79. The lowest BCUT2D eigenvalue weighted by Gasteiger charge is -2.10. The van der Waals surface area contributed by atoms with Crippen LogP contribution in [0.3, 0.4) is 0 Å². The van der Waals surface area contributed by atoms with E-state index in [1.165, 1.54) is 7.11 Å². The van der Waals surface area contributed by atoms with Gasteiger partial charge in [0.2, 0.25) is 5.44 Å². The Balaban J connectivity index is 2.68. The number of rotatable bonds is 6. The van der Waals surface area contributed by atoms with Gasteiger partial charge in [-0.25, -0.2) is 4.79 Å². The van der Waals surface area contributed by atoms with Crippen molar-refractivity contribution in [2.45, 2.75) is 17.3 Å². The van der Waals surface area contributed by atoms with Gasteiger partial charge in [-0.3, -0.25) is 4.79 Å². The average molecular weight is 281 g/mol. The summed E-state index contributed by atoms with van der Waals surface area (Å²) in [7, 11) is 1.34. The van der Waals surface area contributed by atoms with Crippen molar-refractivity contribution in [3.63, 3.8) is 0 Å². The quantitative estimate of drug-likeness (QED) is 0.475. The number of hydrogen-bond donors (Lipinski definition) is 2. The normalized spacial score (nSPS) is 11.7. The molecule has 5 nitrogen and oxygen atoms in total. The number of carbonyl (C=O) groups is 2. The summed E-state index contributed by atoms with van der Waals surface area (Å²) in [4.78, 5) is 22.9. The molecule has 0 saturated carbocycles. The van der Waals surface area contributed by atoms with Gasteiger partial charge in [-0.05, 0) is 31.2 Å². The van der Waals surface area contributed by atoms with Crippen LogP contribution < -0.4 is 5.32 Å². The number of benzene rings is 1. The molecule has 0 heterocycles. The molecule has 0 saturated heterocycles. The van der Waals surface area contributed by atoms with Crippen LogP contribution in [0.2, 0.25) is 0 Å². The van der Waals surface area contributed by atoms with E-state index < -0.39 is 11.4 Å². The van der Waals surface area contributed by atoms with E-state index in [2.05, 4.69) is 11.9 Å². The molecule has 1 aromatic carbocycles. The molecule has 1 rings (SSSR count). The Kier molecular flexibility index (Phi) is 5.59. The second kappa shape index (κ2) is 6.96. The van der Waals surface area contributed by atoms with Gasteiger partial charge in [0.15, 0.2) is 0 Å². The first kappa shape index (κ1) is 15.3. The van der Waals surface area contributed by atoms with Gasteiger partial charge < -0.3 is 15.2 Å². The molecule has 0 aliphatic heterocycles. The van der Waals surface area contributed by atoms with Gasteiger partial charge in [0, 0.05) is 23.3 Å². The zero-order valence-electron chi connectivity index (χ0n) is 10.7. The van der Waals surface area contributed by atoms with Crippen LogP contribution in [0.15, 0.2) is 41.3 Å². The minimum atomic E-state index is -1.04. The van der Waals surface area contributed by atoms with E-state index in [1.54, 1.807) is 31.2 Å². The van der Waals surface area contributed by atoms with Gasteiger partial charge in [-0.1, -0.05) is 18.3 Å². The van der Waals surface area contributed by atoms with Crippen molar-refractivity contribution in [1.29, 1.82) is 0 Å². The van der Waals surface area contributed by atoms with Crippen LogP contribution >= 0.6 is 11.8 Å². The van der Waals surface area contributed by atoms with E-state index in [1.807, 2.05) is 0 Å². The Morgan fingerprint density at radius 2 is 1.95 bits per heavy atom. The van der Waals surface area contributed by atoms with Crippen LogP contribution in [0.25, 0.3) is 0 Å². The number of aliphatic carboxylic acids is 1. The van der Waals surface area contributed by atoms with Crippen molar-refractivity contribution in [2.75, 3.05) is 12.4 Å². The monoisotopic (exact) mass is 281 g/mol. The highest BCUT2D eigenvalue weighted by atomic mass is 32.2. The number of hydrogen-bond acceptors (Lipinski definition) is 4. The third kappa shape index (κ3) is 4.76. The molecule has 0 spiro atoms. The highest BCUT2D eigenvalue weighted by Crippen LogP contribution is 2.25. The number of anilines is 1. The zero-order chi connectivity index (χ0) is 14.4. The predicted octanol–water partition coefficient (Wildman–Crippen LogP) is 2.35. The molecule has 0 bridgehead atoms. The first-order chi connectivity index (χ1) is 8.93. The summed E-state index contributed by atoms with van der Waals surface area (Å²) in [6.45, 7) is 5.16. The van der Waals surface area contributed by atoms with E-state index in [0.29, 0.717) is 11.3 Å². The highest BCUT2D eigenvalue weighted by molar-refractivity contribution is 8.00. The van der Waals surface area contributed by atoms with Crippen LogP contribution in [-0.2, 0) is 14.3 Å². The van der Waals surface area contributed by atoms with Crippen molar-refractivity contribution in [1.82, 2.24) is 0 Å². The molecule has 2 N–H and O–H groups in total. The van der Waals surface area contributed by atoms with Crippen molar-refractivity contribution >= 4 is 29.3 Å². The maximum absolute atomic E-state index is 11.4. The van der Waals surface area contributed by atoms with Gasteiger partial charge >= 0.3 is 5.97 Å². The van der Waals surface area contributed by atoms with Crippen LogP contribution in [-0.4, -0.2) is 29.5 Å². The standard InChI is InChI=1S/C13H15NO4S/c1-8(2)11(15)14-9-4-6-10(7-5-9)19-13(18-3)12(16)17/h4-7,13H,1H2,2-3H3,(H,14,15)(H,16,17). The number of amides is 1. The number of thioether (sulfide) groups is 1. The molecule has 1 unspecified atom stereocenters. The maximum Gasteiger partial charge on any atom is 0.343 e. The first-order valence-electron chi connectivity index (χ1n) is 5.43. The summed E-state index contributed by atoms with van der Waals surface area (Å²) in [5.41, 5.74) is 0.0984. The minimum Gasteiger partial charge on any atom is -0.479 e. The lowest BCUT2D eigenvalue weighted by atomic mass is 10.3. The van der Waals surface area contributed by atoms with Crippen LogP contribution in [0.4, 0.5) is 5.69 Å². The van der Waals surface area contributed by atoms with Crippen molar-refractivity contribution in [3.8, 4) is 0 Å². The highest BCUT2D eigenvalue weighted by Gasteiger charge is 2.17. The summed E-state index contributed by atoms with van der Waals surface area (Å²) >= 11 is 1.08. The number of carbonyl (C=O) groups excluding carboxylic acids is 1. The molecule has 0 aromatic heterocycles. The molecular formula is C13H15NO4S. The second-order valence-corrected chi connectivity index (χ2v) is 4.92. The van der Waals surface area contributed by atoms with Crippen LogP contribution in [0.5, 0.6) is 0 Å². The number of carboxylic acid groups (broad SMARTS) is 1. The molecule has 0 fully saturated rings. The SMILES string of the molecule is C=C(C)C(=O)Nc1ccc(SC(OC)C(=O)O)cc1. The third-order valence-electron chi connectivity index (χ3n) is 2.16. The van der Waals surface area contributed by atoms with Gasteiger partial charge in [-0.2, -0.15) is 0 Å². The van der Waals surface area contributed by atoms with E-state index in [9.17, 15) is 9.59 Å². The fourth-order valence-electron chi connectivity index (χ4n) is 1.18. The van der Waals surface area contributed by atoms with Crippen LogP contribution in [0.1, 0.15) is 6.92 Å². The van der Waals surface area contributed by atoms with Crippen LogP contribution in [0, 0.1) is 0 Å². The minimum absolute atomic E-state index is 0.249. The van der Waals surface area contributed by atoms with E-state index in [4.69, 9.17) is 9.84 Å². The molecule has 0 aliphatic rings. The average Bonchev–Trinajstić information content (AvgIpc) is 2.37. The molecule has 19 heavy (non-hydrogen) atoms. The summed E-state index contributed by atoms with van der Waals surface area (Å²) in [5, 5.41) is 11.5. The number of ether oxygens (including phenoxy) is 1. The fourth-order valence-corrected chi connectivity index (χ4v) is 1.92. The summed E-state index contributed by atoms with van der Waals surface area (Å²) < 4.78 is 4.82. The Labute approximate surface area is 115 Å². The first-order valence-corrected chi connectivity index (χ1v) is 6.31. The molecule has 1 amide bonds. The molecular weight excluding hydrogens is 266 g/mol. The van der Waals surface area contributed by atoms with Crippen molar-refractivity contribution < 1.29 is 19.4 Å². The molecule has 0 aliphatic carbocycles. The van der Waals surface area contributed by atoms with E-state index in [-0.39, 0.29) is 5.91 Å². The predicted molar refractivity (Wildman–Crippen MR) is 74.2 cm³/mol. The van der Waals surface area contributed by atoms with Gasteiger partial charge in [-0.15, -0.1) is 0 Å². The van der Waals surface area contributed by atoms with Crippen molar-refractivity contribution in [2.24, 2.45) is 0 Å². The lowest BCUT2D eigenvalue weighted by Crippen LogP contribution is -2.17. The van der Waals surface area contributed by atoms with Crippen molar-refractivity contribution in [3.05, 3.63) is 36.4 Å². The molecule has 1 atom stereocenters.